The van der Waals surface area contributed by atoms with E-state index in [0.717, 1.165) is 5.69 Å². The van der Waals surface area contributed by atoms with Crippen LogP contribution < -0.4 is 20.3 Å². The van der Waals surface area contributed by atoms with Gasteiger partial charge >= 0.3 is 0 Å². The number of ether oxygens (including phenoxy) is 2. The molecule has 1 amide bonds. The lowest BCUT2D eigenvalue weighted by atomic mass is 10.2. The van der Waals surface area contributed by atoms with Crippen LogP contribution in [0.1, 0.15) is 43.0 Å². The zero-order chi connectivity index (χ0) is 24.9. The Balaban J connectivity index is 1.60. The molecule has 9 nitrogen and oxygen atoms in total. The highest BCUT2D eigenvalue weighted by Gasteiger charge is 2.26. The van der Waals surface area contributed by atoms with Crippen molar-refractivity contribution in [1.29, 1.82) is 0 Å². The van der Waals surface area contributed by atoms with Crippen LogP contribution in [0.4, 0.5) is 17.5 Å². The third kappa shape index (κ3) is 6.37. The van der Waals surface area contributed by atoms with E-state index in [1.807, 2.05) is 51.1 Å². The van der Waals surface area contributed by atoms with Crippen molar-refractivity contribution in [1.82, 2.24) is 20.3 Å². The van der Waals surface area contributed by atoms with E-state index < -0.39 is 6.04 Å². The second kappa shape index (κ2) is 10.9. The number of amides is 1. The lowest BCUT2D eigenvalue weighted by molar-refractivity contribution is -0.00572. The summed E-state index contributed by atoms with van der Waals surface area (Å²) in [5.74, 6) is 1.47. The number of pyridine rings is 1. The monoisotopic (exact) mass is 496 g/mol. The molecule has 1 aromatic carbocycles. The molecule has 1 aliphatic heterocycles. The first kappa shape index (κ1) is 24.7. The quantitative estimate of drug-likeness (QED) is 0.497. The van der Waals surface area contributed by atoms with Gasteiger partial charge in [0.2, 0.25) is 5.95 Å². The minimum absolute atomic E-state index is 0.0527. The molecule has 3 aromatic rings. The Kier molecular flexibility index (Phi) is 7.67. The van der Waals surface area contributed by atoms with Gasteiger partial charge < -0.3 is 25.0 Å². The largest absolute Gasteiger partial charge is 0.495 e. The summed E-state index contributed by atoms with van der Waals surface area (Å²) < 4.78 is 11.0. The lowest BCUT2D eigenvalue weighted by Gasteiger charge is -2.35. The Morgan fingerprint density at radius 3 is 2.49 bits per heavy atom. The molecule has 0 saturated carbocycles. The molecule has 1 aliphatic rings. The molecular weight excluding hydrogens is 468 g/mol. The van der Waals surface area contributed by atoms with E-state index in [9.17, 15) is 4.79 Å². The Morgan fingerprint density at radius 1 is 1.14 bits per heavy atom. The van der Waals surface area contributed by atoms with Crippen molar-refractivity contribution in [2.75, 3.05) is 30.4 Å². The van der Waals surface area contributed by atoms with Crippen LogP contribution in [0, 0.1) is 0 Å². The van der Waals surface area contributed by atoms with Crippen molar-refractivity contribution >= 4 is 35.0 Å². The fourth-order valence-corrected chi connectivity index (χ4v) is 4.01. The maximum atomic E-state index is 12.8. The number of aromatic nitrogens is 3. The van der Waals surface area contributed by atoms with E-state index in [1.165, 1.54) is 6.20 Å². The van der Waals surface area contributed by atoms with Gasteiger partial charge in [0.25, 0.3) is 5.91 Å². The number of morpholine rings is 1. The zero-order valence-corrected chi connectivity index (χ0v) is 20.9. The summed E-state index contributed by atoms with van der Waals surface area (Å²) in [6.07, 6.45) is 1.62. The fourth-order valence-electron chi connectivity index (χ4n) is 3.88. The molecule has 10 heteroatoms. The smallest absolute Gasteiger partial charge is 0.270 e. The van der Waals surface area contributed by atoms with Crippen molar-refractivity contribution in [3.05, 3.63) is 65.1 Å². The van der Waals surface area contributed by atoms with Crippen molar-refractivity contribution < 1.29 is 14.3 Å². The third-order valence-corrected chi connectivity index (χ3v) is 5.80. The van der Waals surface area contributed by atoms with Crippen LogP contribution in [0.5, 0.6) is 5.75 Å². The van der Waals surface area contributed by atoms with Crippen LogP contribution in [0.15, 0.2) is 48.7 Å². The number of hydrogen-bond donors (Lipinski definition) is 2. The maximum absolute atomic E-state index is 12.8. The molecule has 35 heavy (non-hydrogen) atoms. The second-order valence-corrected chi connectivity index (χ2v) is 8.99. The van der Waals surface area contributed by atoms with Crippen LogP contribution in [-0.2, 0) is 4.74 Å². The highest BCUT2D eigenvalue weighted by Crippen LogP contribution is 2.25. The highest BCUT2D eigenvalue weighted by molar-refractivity contribution is 6.30. The van der Waals surface area contributed by atoms with Gasteiger partial charge in [0, 0.05) is 29.9 Å². The minimum Gasteiger partial charge on any atom is -0.495 e. The molecule has 4 rings (SSSR count). The van der Waals surface area contributed by atoms with Crippen LogP contribution in [0.3, 0.4) is 0 Å². The van der Waals surface area contributed by atoms with Crippen LogP contribution in [0.2, 0.25) is 5.02 Å². The number of benzene rings is 1. The third-order valence-electron chi connectivity index (χ3n) is 5.55. The summed E-state index contributed by atoms with van der Waals surface area (Å²) in [5.41, 5.74) is 1.80. The number of carbonyl (C=O) groups excluding carboxylic acids is 1. The summed E-state index contributed by atoms with van der Waals surface area (Å²) >= 11 is 6.03. The normalized spacial score (nSPS) is 18.6. The SMILES string of the molecule is COc1ccc(C(=O)N[C@@H](C)c2cc(Nc3ccc(Cl)cc3)nc(N3C[C@@H](C)O[C@@H](C)C3)n2)nc1. The van der Waals surface area contributed by atoms with E-state index >= 15 is 0 Å². The Bertz CT molecular complexity index is 1150. The predicted molar refractivity (Wildman–Crippen MR) is 136 cm³/mol. The molecule has 1 saturated heterocycles. The van der Waals surface area contributed by atoms with Crippen molar-refractivity contribution in [3.63, 3.8) is 0 Å². The van der Waals surface area contributed by atoms with Crippen LogP contribution in [-0.4, -0.2) is 53.3 Å². The summed E-state index contributed by atoms with van der Waals surface area (Å²) in [6.45, 7) is 7.29. The number of carbonyl (C=O) groups is 1. The van der Waals surface area contributed by atoms with E-state index in [1.54, 1.807) is 19.2 Å². The lowest BCUT2D eigenvalue weighted by Crippen LogP contribution is -2.46. The van der Waals surface area contributed by atoms with Gasteiger partial charge in [0.1, 0.15) is 17.3 Å². The van der Waals surface area contributed by atoms with Gasteiger partial charge in [-0.25, -0.2) is 9.97 Å². The van der Waals surface area contributed by atoms with E-state index in [-0.39, 0.29) is 18.1 Å². The summed E-state index contributed by atoms with van der Waals surface area (Å²) in [7, 11) is 1.55. The Hall–Kier alpha value is -3.43. The summed E-state index contributed by atoms with van der Waals surface area (Å²) in [6, 6.07) is 12.1. The van der Waals surface area contributed by atoms with Gasteiger partial charge in [-0.3, -0.25) is 4.79 Å². The molecule has 0 aliphatic carbocycles. The molecule has 0 bridgehead atoms. The average Bonchev–Trinajstić information content (AvgIpc) is 2.84. The number of nitrogens with zero attached hydrogens (tertiary/aromatic N) is 4. The van der Waals surface area contributed by atoms with E-state index in [4.69, 9.17) is 31.0 Å². The molecule has 0 spiro atoms. The Labute approximate surface area is 209 Å². The molecule has 1 fully saturated rings. The first-order chi connectivity index (χ1) is 16.8. The standard InChI is InChI=1S/C25H29ClN6O3/c1-15-13-32(14-16(2)35-15)25-30-22(11-23(31-25)29-19-7-5-18(26)6-8-19)17(3)28-24(33)21-10-9-20(34-4)12-27-21/h5-12,15-17H,13-14H2,1-4H3,(H,28,33)(H,29,30,31)/t15-,16+,17-/m0/s1. The van der Waals surface area contributed by atoms with Gasteiger partial charge in [-0.05, 0) is 57.2 Å². The van der Waals surface area contributed by atoms with Crippen molar-refractivity contribution in [3.8, 4) is 5.75 Å². The number of anilines is 3. The van der Waals surface area contributed by atoms with Crippen molar-refractivity contribution in [2.24, 2.45) is 0 Å². The number of rotatable bonds is 7. The molecule has 184 valence electrons. The maximum Gasteiger partial charge on any atom is 0.270 e. The minimum atomic E-state index is -0.394. The molecule has 0 radical (unpaired) electrons. The van der Waals surface area contributed by atoms with Gasteiger partial charge in [0.15, 0.2) is 0 Å². The summed E-state index contributed by atoms with van der Waals surface area (Å²) in [4.78, 5) is 28.6. The second-order valence-electron chi connectivity index (χ2n) is 8.55. The van der Waals surface area contributed by atoms with Crippen LogP contribution >= 0.6 is 11.6 Å². The predicted octanol–water partition coefficient (Wildman–Crippen LogP) is 4.38. The van der Waals surface area contributed by atoms with E-state index in [0.29, 0.717) is 47.0 Å². The molecule has 3 atom stereocenters. The molecule has 0 unspecified atom stereocenters. The van der Waals surface area contributed by atoms with Crippen LogP contribution in [0.25, 0.3) is 0 Å². The number of methoxy groups -OCH3 is 1. The van der Waals surface area contributed by atoms with Gasteiger partial charge in [-0.2, -0.15) is 4.98 Å². The number of hydrogen-bond acceptors (Lipinski definition) is 8. The average molecular weight is 497 g/mol. The van der Waals surface area contributed by atoms with Gasteiger partial charge in [-0.1, -0.05) is 11.6 Å². The molecule has 3 heterocycles. The zero-order valence-electron chi connectivity index (χ0n) is 20.2. The molecule has 2 aromatic heterocycles. The first-order valence-corrected chi connectivity index (χ1v) is 11.8. The van der Waals surface area contributed by atoms with Crippen molar-refractivity contribution in [2.45, 2.75) is 39.0 Å². The Morgan fingerprint density at radius 2 is 1.86 bits per heavy atom. The number of nitrogens with one attached hydrogen (secondary N) is 2. The fraction of sp³-hybridized carbons (Fsp3) is 0.360. The first-order valence-electron chi connectivity index (χ1n) is 11.4. The van der Waals surface area contributed by atoms with E-state index in [2.05, 4.69) is 20.5 Å². The van der Waals surface area contributed by atoms with Gasteiger partial charge in [-0.15, -0.1) is 0 Å². The molecular formula is C25H29ClN6O3. The molecule has 2 N–H and O–H groups in total. The summed E-state index contributed by atoms with van der Waals surface area (Å²) in [5, 5.41) is 6.95. The highest BCUT2D eigenvalue weighted by atomic mass is 35.5. The topological polar surface area (TPSA) is 102 Å². The van der Waals surface area contributed by atoms with Gasteiger partial charge in [0.05, 0.1) is 37.3 Å². The number of halogens is 1.